The minimum absolute atomic E-state index is 0.749. The lowest BCUT2D eigenvalue weighted by molar-refractivity contribution is 0.122. The molecular formula is C20H24N6O. The molecule has 0 radical (unpaired) electrons. The number of fused-ring (bicyclic) bond motifs is 1. The number of ether oxygens (including phenoxy) is 1. The van der Waals surface area contributed by atoms with Crippen molar-refractivity contribution >= 4 is 22.4 Å². The van der Waals surface area contributed by atoms with Gasteiger partial charge in [0.15, 0.2) is 0 Å². The summed E-state index contributed by atoms with van der Waals surface area (Å²) in [5.74, 6) is 1.01. The zero-order valence-electron chi connectivity index (χ0n) is 15.4. The summed E-state index contributed by atoms with van der Waals surface area (Å²) in [5, 5.41) is 8.30. The third-order valence-corrected chi connectivity index (χ3v) is 5.48. The van der Waals surface area contributed by atoms with Crippen molar-refractivity contribution in [3.63, 3.8) is 0 Å². The lowest BCUT2D eigenvalue weighted by Gasteiger charge is -2.33. The number of aromatic nitrogens is 4. The summed E-state index contributed by atoms with van der Waals surface area (Å²) in [6, 6.07) is 6.30. The van der Waals surface area contributed by atoms with Gasteiger partial charge in [-0.05, 0) is 31.4 Å². The van der Waals surface area contributed by atoms with Crippen molar-refractivity contribution in [1.29, 1.82) is 0 Å². The van der Waals surface area contributed by atoms with E-state index in [1.807, 2.05) is 12.3 Å². The summed E-state index contributed by atoms with van der Waals surface area (Å²) < 4.78 is 5.53. The first-order valence-corrected chi connectivity index (χ1v) is 9.77. The van der Waals surface area contributed by atoms with Gasteiger partial charge < -0.3 is 14.5 Å². The summed E-state index contributed by atoms with van der Waals surface area (Å²) in [6.07, 6.45) is 7.44. The highest BCUT2D eigenvalue weighted by molar-refractivity contribution is 6.00. The van der Waals surface area contributed by atoms with Gasteiger partial charge in [0, 0.05) is 55.7 Å². The van der Waals surface area contributed by atoms with Crippen LogP contribution >= 0.6 is 0 Å². The average Bonchev–Trinajstić information content (AvgIpc) is 3.28. The Kier molecular flexibility index (Phi) is 4.37. The van der Waals surface area contributed by atoms with Gasteiger partial charge in [-0.2, -0.15) is 5.10 Å². The molecule has 0 spiro atoms. The van der Waals surface area contributed by atoms with Gasteiger partial charge in [0.2, 0.25) is 0 Å². The lowest BCUT2D eigenvalue weighted by atomic mass is 10.1. The van der Waals surface area contributed by atoms with Crippen LogP contribution in [0.2, 0.25) is 0 Å². The Bertz CT molecular complexity index is 914. The summed E-state index contributed by atoms with van der Waals surface area (Å²) in [7, 11) is 0. The van der Waals surface area contributed by atoms with E-state index in [0.717, 1.165) is 67.5 Å². The Morgan fingerprint density at radius 1 is 0.926 bits per heavy atom. The molecule has 0 saturated carbocycles. The Hall–Kier alpha value is -2.67. The van der Waals surface area contributed by atoms with Crippen LogP contribution in [0.15, 0.2) is 30.6 Å². The van der Waals surface area contributed by atoms with E-state index < -0.39 is 0 Å². The molecule has 7 nitrogen and oxygen atoms in total. The number of nitrogens with zero attached hydrogens (tertiary/aromatic N) is 5. The van der Waals surface area contributed by atoms with E-state index in [2.05, 4.69) is 37.1 Å². The molecule has 0 bridgehead atoms. The summed E-state index contributed by atoms with van der Waals surface area (Å²) in [6.45, 7) is 5.44. The van der Waals surface area contributed by atoms with Crippen molar-refractivity contribution in [3.8, 4) is 11.4 Å². The van der Waals surface area contributed by atoms with Gasteiger partial charge in [-0.25, -0.2) is 4.98 Å². The third kappa shape index (κ3) is 3.12. The molecule has 2 saturated heterocycles. The molecule has 27 heavy (non-hydrogen) atoms. The maximum atomic E-state index is 5.53. The van der Waals surface area contributed by atoms with Crippen LogP contribution in [0.25, 0.3) is 22.3 Å². The second-order valence-corrected chi connectivity index (χ2v) is 7.17. The van der Waals surface area contributed by atoms with Crippen LogP contribution in [0, 0.1) is 0 Å². The van der Waals surface area contributed by atoms with E-state index >= 15 is 0 Å². The molecule has 5 heterocycles. The van der Waals surface area contributed by atoms with Crippen LogP contribution in [-0.4, -0.2) is 59.6 Å². The zero-order valence-corrected chi connectivity index (χ0v) is 15.4. The average molecular weight is 364 g/mol. The number of aromatic amines is 1. The fourth-order valence-electron chi connectivity index (χ4n) is 4.06. The third-order valence-electron chi connectivity index (χ3n) is 5.48. The first-order valence-electron chi connectivity index (χ1n) is 9.77. The van der Waals surface area contributed by atoms with E-state index in [0.29, 0.717) is 0 Å². The number of piperidine rings is 1. The topological polar surface area (TPSA) is 70.2 Å². The predicted molar refractivity (Wildman–Crippen MR) is 106 cm³/mol. The molecule has 3 aromatic rings. The number of anilines is 2. The number of hydrogen-bond donors (Lipinski definition) is 1. The number of pyridine rings is 2. The minimum atomic E-state index is 0.749. The number of hydrogen-bond acceptors (Lipinski definition) is 6. The van der Waals surface area contributed by atoms with Gasteiger partial charge in [0.25, 0.3) is 0 Å². The smallest absolute Gasteiger partial charge is 0.131 e. The normalized spacial score (nSPS) is 18.2. The molecule has 140 valence electrons. The first kappa shape index (κ1) is 16.5. The van der Waals surface area contributed by atoms with E-state index in [9.17, 15) is 0 Å². The number of H-pyrrole nitrogens is 1. The van der Waals surface area contributed by atoms with Crippen LogP contribution in [0.4, 0.5) is 11.5 Å². The molecule has 2 fully saturated rings. The molecule has 0 atom stereocenters. The summed E-state index contributed by atoms with van der Waals surface area (Å²) >= 11 is 0. The highest BCUT2D eigenvalue weighted by Gasteiger charge is 2.21. The highest BCUT2D eigenvalue weighted by atomic mass is 16.5. The SMILES string of the molecule is c1cc(-c2nccc3c(N4CCCCC4)cc(N4CCOCC4)nc23)[nH]n1. The van der Waals surface area contributed by atoms with E-state index in [-0.39, 0.29) is 0 Å². The van der Waals surface area contributed by atoms with Crippen molar-refractivity contribution in [2.24, 2.45) is 0 Å². The van der Waals surface area contributed by atoms with Crippen molar-refractivity contribution < 1.29 is 4.74 Å². The van der Waals surface area contributed by atoms with Crippen molar-refractivity contribution in [2.45, 2.75) is 19.3 Å². The van der Waals surface area contributed by atoms with Crippen LogP contribution in [-0.2, 0) is 4.74 Å². The monoisotopic (exact) mass is 364 g/mol. The molecule has 7 heteroatoms. The number of nitrogens with one attached hydrogen (secondary N) is 1. The van der Waals surface area contributed by atoms with Crippen LogP contribution < -0.4 is 9.80 Å². The summed E-state index contributed by atoms with van der Waals surface area (Å²) in [4.78, 5) is 14.5. The van der Waals surface area contributed by atoms with Crippen molar-refractivity contribution in [2.75, 3.05) is 49.2 Å². The van der Waals surface area contributed by atoms with Crippen LogP contribution in [0.3, 0.4) is 0 Å². The van der Waals surface area contributed by atoms with E-state index in [1.54, 1.807) is 6.20 Å². The van der Waals surface area contributed by atoms with Crippen LogP contribution in [0.5, 0.6) is 0 Å². The first-order chi connectivity index (χ1) is 13.4. The maximum absolute atomic E-state index is 5.53. The van der Waals surface area contributed by atoms with Gasteiger partial charge >= 0.3 is 0 Å². The van der Waals surface area contributed by atoms with Crippen LogP contribution in [0.1, 0.15) is 19.3 Å². The number of rotatable bonds is 3. The Morgan fingerprint density at radius 3 is 2.56 bits per heavy atom. The molecule has 0 aliphatic carbocycles. The predicted octanol–water partition coefficient (Wildman–Crippen LogP) is 2.85. The Morgan fingerprint density at radius 2 is 1.78 bits per heavy atom. The van der Waals surface area contributed by atoms with Gasteiger partial charge in [-0.15, -0.1) is 0 Å². The van der Waals surface area contributed by atoms with E-state index in [4.69, 9.17) is 9.72 Å². The second-order valence-electron chi connectivity index (χ2n) is 7.17. The molecule has 3 aromatic heterocycles. The van der Waals surface area contributed by atoms with Gasteiger partial charge in [0.05, 0.1) is 18.9 Å². The number of morpholine rings is 1. The minimum Gasteiger partial charge on any atom is -0.378 e. The standard InChI is InChI=1S/C20H24N6O/c1-2-8-25(9-3-1)17-14-18(26-10-12-27-13-11-26)23-19-15(17)4-6-21-20(19)16-5-7-22-24-16/h4-7,14H,1-3,8-13H2,(H,22,24). The Labute approximate surface area is 158 Å². The quantitative estimate of drug-likeness (QED) is 0.771. The summed E-state index contributed by atoms with van der Waals surface area (Å²) in [5.41, 5.74) is 3.96. The zero-order chi connectivity index (χ0) is 18.1. The van der Waals surface area contributed by atoms with Gasteiger partial charge in [-0.3, -0.25) is 10.1 Å². The van der Waals surface area contributed by atoms with Crippen molar-refractivity contribution in [1.82, 2.24) is 20.2 Å². The molecule has 1 N–H and O–H groups in total. The highest BCUT2D eigenvalue weighted by Crippen LogP contribution is 2.35. The fraction of sp³-hybridized carbons (Fsp3) is 0.450. The van der Waals surface area contributed by atoms with Crippen molar-refractivity contribution in [3.05, 3.63) is 30.6 Å². The largest absolute Gasteiger partial charge is 0.378 e. The molecule has 5 rings (SSSR count). The van der Waals surface area contributed by atoms with E-state index in [1.165, 1.54) is 24.9 Å². The van der Waals surface area contributed by atoms with Gasteiger partial charge in [-0.1, -0.05) is 0 Å². The lowest BCUT2D eigenvalue weighted by Crippen LogP contribution is -2.37. The Balaban J connectivity index is 1.69. The molecular weight excluding hydrogens is 340 g/mol. The molecule has 0 unspecified atom stereocenters. The molecule has 0 aromatic carbocycles. The molecule has 2 aliphatic heterocycles. The maximum Gasteiger partial charge on any atom is 0.131 e. The fourth-order valence-corrected chi connectivity index (χ4v) is 4.06. The molecule has 0 amide bonds. The molecule has 2 aliphatic rings. The van der Waals surface area contributed by atoms with Gasteiger partial charge in [0.1, 0.15) is 17.0 Å². The second kappa shape index (κ2) is 7.15.